The monoisotopic (exact) mass is 149 g/mol. The molecule has 1 aliphatic rings. The largest absolute Gasteiger partial charge is 0.310 e. The molecule has 1 amide bonds. The molecule has 2 N–H and O–H groups in total. The highest BCUT2D eigenvalue weighted by Crippen LogP contribution is 2.15. The van der Waals surface area contributed by atoms with Gasteiger partial charge in [-0.3, -0.25) is 9.89 Å². The van der Waals surface area contributed by atoms with Crippen LogP contribution < -0.4 is 5.32 Å². The molecule has 1 aromatic rings. The summed E-state index contributed by atoms with van der Waals surface area (Å²) in [5.41, 5.74) is 0.927. The Morgan fingerprint density at radius 3 is 3.36 bits per heavy atom. The molecule has 56 valence electrons. The summed E-state index contributed by atoms with van der Waals surface area (Å²) >= 11 is 0. The highest BCUT2D eigenvalue weighted by molar-refractivity contribution is 5.94. The Morgan fingerprint density at radius 2 is 2.45 bits per heavy atom. The highest BCUT2D eigenvalue weighted by Gasteiger charge is 2.08. The smallest absolute Gasteiger partial charge is 0.229 e. The zero-order valence-corrected chi connectivity index (χ0v) is 5.79. The van der Waals surface area contributed by atoms with Crippen molar-refractivity contribution >= 4 is 17.8 Å². The van der Waals surface area contributed by atoms with Crippen molar-refractivity contribution in [1.29, 1.82) is 0 Å². The number of aromatic nitrogens is 2. The van der Waals surface area contributed by atoms with Gasteiger partial charge in [0, 0.05) is 12.0 Å². The second kappa shape index (κ2) is 2.23. The Morgan fingerprint density at radius 1 is 1.55 bits per heavy atom. The van der Waals surface area contributed by atoms with Crippen LogP contribution in [0.5, 0.6) is 0 Å². The van der Waals surface area contributed by atoms with Crippen LogP contribution >= 0.6 is 0 Å². The second-order valence-corrected chi connectivity index (χ2v) is 2.36. The fourth-order valence-electron chi connectivity index (χ4n) is 1.01. The van der Waals surface area contributed by atoms with Gasteiger partial charge in [-0.1, -0.05) is 12.2 Å². The average Bonchev–Trinajstić information content (AvgIpc) is 2.31. The van der Waals surface area contributed by atoms with Crippen LogP contribution in [-0.2, 0) is 4.79 Å². The Kier molecular flexibility index (Phi) is 1.25. The van der Waals surface area contributed by atoms with Crippen LogP contribution in [0.4, 0.5) is 5.82 Å². The summed E-state index contributed by atoms with van der Waals surface area (Å²) in [6, 6.07) is 0. The molecule has 0 fully saturated rings. The maximum Gasteiger partial charge on any atom is 0.229 e. The summed E-state index contributed by atoms with van der Waals surface area (Å²) in [5, 5.41) is 9.17. The van der Waals surface area contributed by atoms with Crippen molar-refractivity contribution in [3.8, 4) is 0 Å². The number of nitrogens with zero attached hydrogens (tertiary/aromatic N) is 1. The van der Waals surface area contributed by atoms with E-state index in [0.29, 0.717) is 12.2 Å². The van der Waals surface area contributed by atoms with Gasteiger partial charge in [-0.2, -0.15) is 5.10 Å². The number of carbonyl (C=O) groups is 1. The highest BCUT2D eigenvalue weighted by atomic mass is 16.1. The number of carbonyl (C=O) groups excluding carboxylic acids is 1. The Hall–Kier alpha value is -1.58. The van der Waals surface area contributed by atoms with E-state index >= 15 is 0 Å². The molecule has 1 aromatic heterocycles. The molecule has 0 radical (unpaired) electrons. The number of hydrogen-bond donors (Lipinski definition) is 2. The number of anilines is 1. The van der Waals surface area contributed by atoms with Crippen molar-refractivity contribution in [3.05, 3.63) is 17.8 Å². The molecule has 2 rings (SSSR count). The number of rotatable bonds is 0. The lowest BCUT2D eigenvalue weighted by Crippen LogP contribution is -2.09. The van der Waals surface area contributed by atoms with E-state index < -0.39 is 0 Å². The first kappa shape index (κ1) is 6.15. The van der Waals surface area contributed by atoms with Crippen LogP contribution in [-0.4, -0.2) is 16.1 Å². The zero-order valence-electron chi connectivity index (χ0n) is 5.79. The molecule has 0 spiro atoms. The van der Waals surface area contributed by atoms with E-state index in [1.807, 2.05) is 12.2 Å². The normalized spacial score (nSPS) is 15.5. The van der Waals surface area contributed by atoms with Crippen LogP contribution in [0.2, 0.25) is 0 Å². The third-order valence-corrected chi connectivity index (χ3v) is 1.53. The maximum absolute atomic E-state index is 10.9. The van der Waals surface area contributed by atoms with Crippen molar-refractivity contribution in [2.24, 2.45) is 0 Å². The van der Waals surface area contributed by atoms with Gasteiger partial charge in [0.25, 0.3) is 0 Å². The third-order valence-electron chi connectivity index (χ3n) is 1.53. The average molecular weight is 149 g/mol. The second-order valence-electron chi connectivity index (χ2n) is 2.36. The molecule has 2 heterocycles. The molecule has 4 nitrogen and oxygen atoms in total. The van der Waals surface area contributed by atoms with Gasteiger partial charge < -0.3 is 5.32 Å². The van der Waals surface area contributed by atoms with E-state index in [1.54, 1.807) is 6.20 Å². The fourth-order valence-corrected chi connectivity index (χ4v) is 1.01. The predicted molar refractivity (Wildman–Crippen MR) is 40.9 cm³/mol. The molecule has 0 saturated heterocycles. The quantitative estimate of drug-likeness (QED) is 0.572. The predicted octanol–water partition coefficient (Wildman–Crippen LogP) is 0.765. The van der Waals surface area contributed by atoms with Gasteiger partial charge >= 0.3 is 0 Å². The first-order valence-corrected chi connectivity index (χ1v) is 3.36. The standard InChI is InChI=1S/C7H7N3O/c11-6-3-1-2-5-4-8-10-7(5)9-6/h1-2,4H,3H2,(H2,8,9,10,11). The molecule has 0 saturated carbocycles. The van der Waals surface area contributed by atoms with Crippen LogP contribution in [0, 0.1) is 0 Å². The minimum absolute atomic E-state index is 0.00995. The van der Waals surface area contributed by atoms with E-state index in [1.165, 1.54) is 0 Å². The Bertz CT molecular complexity index is 313. The number of amides is 1. The molecule has 0 aliphatic carbocycles. The zero-order chi connectivity index (χ0) is 7.68. The van der Waals surface area contributed by atoms with E-state index in [9.17, 15) is 4.79 Å². The van der Waals surface area contributed by atoms with Gasteiger partial charge in [0.1, 0.15) is 5.82 Å². The molecule has 11 heavy (non-hydrogen) atoms. The van der Waals surface area contributed by atoms with Crippen LogP contribution in [0.1, 0.15) is 12.0 Å². The fraction of sp³-hybridized carbons (Fsp3) is 0.143. The minimum Gasteiger partial charge on any atom is -0.310 e. The lowest BCUT2D eigenvalue weighted by molar-refractivity contribution is -0.115. The van der Waals surface area contributed by atoms with Crippen molar-refractivity contribution in [3.63, 3.8) is 0 Å². The molecule has 4 heteroatoms. The van der Waals surface area contributed by atoms with E-state index in [0.717, 1.165) is 5.56 Å². The number of hydrogen-bond acceptors (Lipinski definition) is 2. The maximum atomic E-state index is 10.9. The topological polar surface area (TPSA) is 57.8 Å². The van der Waals surface area contributed by atoms with E-state index in [-0.39, 0.29) is 5.91 Å². The summed E-state index contributed by atoms with van der Waals surface area (Å²) < 4.78 is 0. The third kappa shape index (κ3) is 1.02. The van der Waals surface area contributed by atoms with Gasteiger partial charge in [-0.25, -0.2) is 0 Å². The van der Waals surface area contributed by atoms with Crippen molar-refractivity contribution in [2.75, 3.05) is 5.32 Å². The van der Waals surface area contributed by atoms with Gasteiger partial charge in [-0.15, -0.1) is 0 Å². The van der Waals surface area contributed by atoms with E-state index in [2.05, 4.69) is 15.5 Å². The Balaban J connectivity index is 2.44. The van der Waals surface area contributed by atoms with Gasteiger partial charge in [-0.05, 0) is 0 Å². The number of nitrogens with one attached hydrogen (secondary N) is 2. The van der Waals surface area contributed by atoms with Crippen LogP contribution in [0.25, 0.3) is 6.08 Å². The SMILES string of the molecule is O=C1CC=Cc2cn[nH]c2N1. The number of H-pyrrole nitrogens is 1. The molecular weight excluding hydrogens is 142 g/mol. The van der Waals surface area contributed by atoms with Crippen LogP contribution in [0.3, 0.4) is 0 Å². The van der Waals surface area contributed by atoms with Gasteiger partial charge in [0.2, 0.25) is 5.91 Å². The number of aromatic amines is 1. The molecular formula is C7H7N3O. The first-order chi connectivity index (χ1) is 5.36. The summed E-state index contributed by atoms with van der Waals surface area (Å²) in [4.78, 5) is 10.9. The van der Waals surface area contributed by atoms with Crippen molar-refractivity contribution < 1.29 is 4.79 Å². The summed E-state index contributed by atoms with van der Waals surface area (Å²) in [6.45, 7) is 0. The lowest BCUT2D eigenvalue weighted by Gasteiger charge is -1.96. The molecule has 0 aromatic carbocycles. The molecule has 0 bridgehead atoms. The van der Waals surface area contributed by atoms with Gasteiger partial charge in [0.05, 0.1) is 6.20 Å². The molecule has 0 atom stereocenters. The van der Waals surface area contributed by atoms with E-state index in [4.69, 9.17) is 0 Å². The summed E-state index contributed by atoms with van der Waals surface area (Å²) in [7, 11) is 0. The minimum atomic E-state index is -0.00995. The van der Waals surface area contributed by atoms with Crippen LogP contribution in [0.15, 0.2) is 12.3 Å². The summed E-state index contributed by atoms with van der Waals surface area (Å²) in [5.74, 6) is 0.674. The van der Waals surface area contributed by atoms with Gasteiger partial charge in [0.15, 0.2) is 0 Å². The lowest BCUT2D eigenvalue weighted by atomic mass is 10.3. The molecule has 1 aliphatic heterocycles. The Labute approximate surface area is 63.3 Å². The first-order valence-electron chi connectivity index (χ1n) is 3.36. The summed E-state index contributed by atoms with van der Waals surface area (Å²) in [6.07, 6.45) is 5.80. The number of fused-ring (bicyclic) bond motifs is 1. The molecule has 0 unspecified atom stereocenters. The van der Waals surface area contributed by atoms with Crippen molar-refractivity contribution in [1.82, 2.24) is 10.2 Å². The van der Waals surface area contributed by atoms with Crippen molar-refractivity contribution in [2.45, 2.75) is 6.42 Å².